The molecule has 2 spiro atoms. The Morgan fingerprint density at radius 2 is 0.454 bits per heavy atom. The number of benzene rings is 15. The highest BCUT2D eigenvalue weighted by Crippen LogP contribution is 2.71. The van der Waals surface area contributed by atoms with Gasteiger partial charge in [0.2, 0.25) is 0 Å². The lowest BCUT2D eigenvalue weighted by Crippen LogP contribution is -2.55. The molecule has 15 aromatic carbocycles. The minimum Gasteiger partial charge on any atom is -0.310 e. The van der Waals surface area contributed by atoms with Crippen LogP contribution in [-0.2, 0) is 10.8 Å². The molecule has 2 heteroatoms. The second-order valence-corrected chi connectivity index (χ2v) is 33.2. The van der Waals surface area contributed by atoms with Crippen molar-refractivity contribution < 1.29 is 0 Å². The van der Waals surface area contributed by atoms with E-state index in [9.17, 15) is 0 Å². The van der Waals surface area contributed by atoms with Gasteiger partial charge < -0.3 is 9.80 Å². The predicted octanol–water partition coefficient (Wildman–Crippen LogP) is 28.4. The molecule has 0 saturated heterocycles. The van der Waals surface area contributed by atoms with Gasteiger partial charge in [-0.15, -0.1) is 0 Å². The van der Waals surface area contributed by atoms with Crippen LogP contribution in [0.3, 0.4) is 0 Å². The van der Waals surface area contributed by atoms with E-state index in [1.54, 1.807) is 22.3 Å². The minimum atomic E-state index is 0.212. The quantitative estimate of drug-likeness (QED) is 0.127. The van der Waals surface area contributed by atoms with Crippen LogP contribution >= 0.6 is 0 Å². The first-order valence-corrected chi connectivity index (χ1v) is 40.1. The minimum absolute atomic E-state index is 0.212. The normalized spacial score (nSPS) is 23.1. The average Bonchev–Trinajstić information content (AvgIpc) is 1.50. The van der Waals surface area contributed by atoms with Crippen LogP contribution in [0.1, 0.15) is 86.5 Å². The first-order valence-electron chi connectivity index (χ1n) is 40.1. The zero-order chi connectivity index (χ0) is 71.0. The lowest BCUT2D eigenvalue weighted by molar-refractivity contribution is -0.0399. The number of hydrogen-bond acceptors (Lipinski definition) is 2. The zero-order valence-electron chi connectivity index (χ0n) is 61.1. The van der Waals surface area contributed by atoms with E-state index in [2.05, 4.69) is 362 Å². The monoisotopic (exact) mass is 1390 g/mol. The lowest BCUT2D eigenvalue weighted by atomic mass is 9.43. The summed E-state index contributed by atoms with van der Waals surface area (Å²) in [5, 5.41) is 4.98. The van der Waals surface area contributed by atoms with Gasteiger partial charge in [-0.25, -0.2) is 0 Å². The highest BCUT2D eigenvalue weighted by molar-refractivity contribution is 5.94. The van der Waals surface area contributed by atoms with Crippen molar-refractivity contribution in [3.8, 4) is 77.9 Å². The van der Waals surface area contributed by atoms with E-state index in [1.165, 1.54) is 164 Å². The molecule has 0 aliphatic heterocycles. The van der Waals surface area contributed by atoms with Crippen molar-refractivity contribution in [3.05, 3.63) is 374 Å². The summed E-state index contributed by atoms with van der Waals surface area (Å²) in [7, 11) is 0. The largest absolute Gasteiger partial charge is 0.310 e. The third-order valence-electron chi connectivity index (χ3n) is 27.7. The smallest absolute Gasteiger partial charge is 0.0468 e. The molecule has 25 rings (SSSR count). The van der Waals surface area contributed by atoms with Gasteiger partial charge in [0.05, 0.1) is 0 Å². The molecule has 8 fully saturated rings. The van der Waals surface area contributed by atoms with Crippen LogP contribution < -0.4 is 9.80 Å². The molecule has 108 heavy (non-hydrogen) atoms. The van der Waals surface area contributed by atoms with Crippen molar-refractivity contribution in [2.45, 2.75) is 75.0 Å². The predicted molar refractivity (Wildman–Crippen MR) is 451 cm³/mol. The summed E-state index contributed by atoms with van der Waals surface area (Å²) < 4.78 is 0. The number of rotatable bonds is 11. The van der Waals surface area contributed by atoms with Gasteiger partial charge in [0.15, 0.2) is 0 Å². The van der Waals surface area contributed by atoms with Gasteiger partial charge in [0.1, 0.15) is 0 Å². The van der Waals surface area contributed by atoms with Crippen LogP contribution in [-0.4, -0.2) is 0 Å². The zero-order valence-corrected chi connectivity index (χ0v) is 61.1. The van der Waals surface area contributed by atoms with Gasteiger partial charge in [0, 0.05) is 45.0 Å². The Kier molecular flexibility index (Phi) is 15.1. The number of hydrogen-bond donors (Lipinski definition) is 0. The van der Waals surface area contributed by atoms with Gasteiger partial charge in [-0.2, -0.15) is 0 Å². The molecule has 0 radical (unpaired) electrons. The van der Waals surface area contributed by atoms with E-state index in [0.29, 0.717) is 0 Å². The van der Waals surface area contributed by atoms with E-state index >= 15 is 0 Å². The summed E-state index contributed by atoms with van der Waals surface area (Å²) >= 11 is 0. The second kappa shape index (κ2) is 25.6. The lowest BCUT2D eigenvalue weighted by Gasteiger charge is -2.61. The molecule has 0 amide bonds. The van der Waals surface area contributed by atoms with Crippen LogP contribution in [0.4, 0.5) is 34.1 Å². The number of nitrogens with zero attached hydrogens (tertiary/aromatic N) is 2. The highest BCUT2D eigenvalue weighted by atomic mass is 15.1. The molecule has 0 atom stereocenters. The molecular formula is C106H86N2. The van der Waals surface area contributed by atoms with E-state index in [1.807, 2.05) is 0 Å². The summed E-state index contributed by atoms with van der Waals surface area (Å²) in [6.45, 7) is 0. The highest BCUT2D eigenvalue weighted by Gasteiger charge is 2.63. The molecule has 0 heterocycles. The molecule has 520 valence electrons. The van der Waals surface area contributed by atoms with Gasteiger partial charge in [-0.3, -0.25) is 0 Å². The van der Waals surface area contributed by atoms with E-state index in [4.69, 9.17) is 0 Å². The molecule has 2 nitrogen and oxygen atoms in total. The number of anilines is 6. The van der Waals surface area contributed by atoms with E-state index in [-0.39, 0.29) is 10.8 Å². The fraction of sp³-hybridized carbons (Fsp3) is 0.189. The Morgan fingerprint density at radius 3 is 0.870 bits per heavy atom. The van der Waals surface area contributed by atoms with Crippen LogP contribution in [0.25, 0.3) is 99.4 Å². The first-order chi connectivity index (χ1) is 53.4. The molecule has 0 unspecified atom stereocenters. The van der Waals surface area contributed by atoms with Crippen molar-refractivity contribution >= 4 is 55.7 Å². The molecule has 10 aliphatic carbocycles. The summed E-state index contributed by atoms with van der Waals surface area (Å²) in [6, 6.07) is 131. The van der Waals surface area contributed by atoms with Crippen molar-refractivity contribution in [1.29, 1.82) is 0 Å². The SMILES string of the molecule is c1ccc(-c2ccc(-c3ccc(N(c4ccc(-c5ccc6c(c5)-c5ccccc5C65C6CC7CC(C6)CC5C7)cc4)c4ccc5ccccc5c4)cc3)cc2)cc1.c1ccc(-c2cccc(N(c3ccc(-c4ccc5c(c4)-c4ccccc4C54C5CC6CC(C5)CC4C6)cc3)c3ccc4ccccc4c3)c2)cc1. The van der Waals surface area contributed by atoms with Crippen molar-refractivity contribution in [1.82, 2.24) is 0 Å². The van der Waals surface area contributed by atoms with Crippen LogP contribution in [0.2, 0.25) is 0 Å². The van der Waals surface area contributed by atoms with Crippen LogP contribution in [0.5, 0.6) is 0 Å². The third kappa shape index (κ3) is 10.3. The maximum atomic E-state index is 2.54. The Hall–Kier alpha value is -11.6. The summed E-state index contributed by atoms with van der Waals surface area (Å²) in [5.74, 6) is 7.00. The van der Waals surface area contributed by atoms with Gasteiger partial charge >= 0.3 is 0 Å². The second-order valence-electron chi connectivity index (χ2n) is 33.2. The van der Waals surface area contributed by atoms with Crippen molar-refractivity contribution in [3.63, 3.8) is 0 Å². The molecule has 8 saturated carbocycles. The fourth-order valence-electron chi connectivity index (χ4n) is 23.6. The third-order valence-corrected chi connectivity index (χ3v) is 27.7. The molecule has 15 aromatic rings. The Morgan fingerprint density at radius 1 is 0.176 bits per heavy atom. The summed E-state index contributed by atoms with van der Waals surface area (Å²) in [4.78, 5) is 4.80. The topological polar surface area (TPSA) is 6.48 Å². The number of fused-ring (bicyclic) bond motifs is 8. The molecule has 10 aliphatic rings. The maximum Gasteiger partial charge on any atom is 0.0468 e. The van der Waals surface area contributed by atoms with Gasteiger partial charge in [0.25, 0.3) is 0 Å². The Labute approximate surface area is 635 Å². The molecule has 8 bridgehead atoms. The first kappa shape index (κ1) is 63.7. The summed E-state index contributed by atoms with van der Waals surface area (Å²) in [5.41, 5.74) is 32.2. The van der Waals surface area contributed by atoms with E-state index in [0.717, 1.165) is 81.5 Å². The fourth-order valence-corrected chi connectivity index (χ4v) is 23.6. The molecular weight excluding hydrogens is 1300 g/mol. The molecule has 0 aromatic heterocycles. The average molecular weight is 1390 g/mol. The molecule has 0 N–H and O–H groups in total. The van der Waals surface area contributed by atoms with Crippen LogP contribution in [0.15, 0.2) is 352 Å². The maximum absolute atomic E-state index is 2.54. The van der Waals surface area contributed by atoms with Gasteiger partial charge in [-0.05, 0) is 318 Å². The van der Waals surface area contributed by atoms with Crippen molar-refractivity contribution in [2.24, 2.45) is 47.3 Å². The van der Waals surface area contributed by atoms with Gasteiger partial charge in [-0.1, -0.05) is 267 Å². The Bertz CT molecular complexity index is 5890. The standard InChI is InChI=1S/C56H45N.C50H41N/c1-2-8-39(9-3-1)41-14-16-42(17-15-41)43-18-24-49(25-19-43)57(51-28-22-40-10-4-5-11-45(40)35-51)50-26-20-44(21-27-50)46-23-29-55-53(36-46)52-12-6-7-13-54(52)56(55)47-31-37-30-38(33-47)34-48(56)32-37;1-2-9-35(10-3-1)39-13-8-14-44(30-39)51(45-23-19-36-11-4-5-12-38(36)31-45)43-21-17-37(18-22-43)40-20-24-49-47(32-40)46-15-6-7-16-48(46)50(49)41-26-33-25-34(28-41)29-42(50)27-33/h1-29,35-38,47-48H,30-34H2;1-24,30-34,41-42H,25-29H2. The van der Waals surface area contributed by atoms with E-state index < -0.39 is 0 Å². The van der Waals surface area contributed by atoms with Crippen molar-refractivity contribution in [2.75, 3.05) is 9.80 Å². The Balaban J connectivity index is 0.000000135. The van der Waals surface area contributed by atoms with Crippen LogP contribution in [0, 0.1) is 47.3 Å². The summed E-state index contributed by atoms with van der Waals surface area (Å²) in [6.07, 6.45) is 14.3.